The van der Waals surface area contributed by atoms with Crippen molar-refractivity contribution < 1.29 is 19.1 Å². The van der Waals surface area contributed by atoms with Crippen molar-refractivity contribution in [3.05, 3.63) is 108 Å². The quantitative estimate of drug-likeness (QED) is 0.225. The number of fused-ring (bicyclic) bond motifs is 1. The lowest BCUT2D eigenvalue weighted by Gasteiger charge is -2.29. The van der Waals surface area contributed by atoms with Gasteiger partial charge in [0.25, 0.3) is 11.8 Å². The monoisotopic (exact) mass is 494 g/mol. The van der Waals surface area contributed by atoms with E-state index in [9.17, 15) is 9.59 Å². The zero-order valence-corrected chi connectivity index (χ0v) is 20.2. The van der Waals surface area contributed by atoms with Gasteiger partial charge in [0.2, 0.25) is 0 Å². The number of anilines is 1. The number of nitrogens with one attached hydrogen (secondary N) is 1. The third-order valence-corrected chi connectivity index (χ3v) is 6.18. The van der Waals surface area contributed by atoms with E-state index in [-0.39, 0.29) is 10.7 Å². The Balaban J connectivity index is 1.50. The average Bonchev–Trinajstić information content (AvgIpc) is 2.90. The van der Waals surface area contributed by atoms with Gasteiger partial charge in [-0.3, -0.25) is 19.8 Å². The van der Waals surface area contributed by atoms with Crippen molar-refractivity contribution in [2.24, 2.45) is 0 Å². The number of rotatable bonds is 6. The fourth-order valence-electron chi connectivity index (χ4n) is 4.08. The van der Waals surface area contributed by atoms with E-state index in [0.717, 1.165) is 16.3 Å². The minimum Gasteiger partial charge on any atom is -0.497 e. The molecule has 4 aromatic carbocycles. The van der Waals surface area contributed by atoms with E-state index in [2.05, 4.69) is 23.5 Å². The molecule has 7 heteroatoms. The minimum atomic E-state index is -0.562. The van der Waals surface area contributed by atoms with Gasteiger partial charge in [-0.1, -0.05) is 60.7 Å². The fourth-order valence-corrected chi connectivity index (χ4v) is 4.37. The highest BCUT2D eigenvalue weighted by Crippen LogP contribution is 2.30. The number of thiocarbonyl (C=S) groups is 1. The van der Waals surface area contributed by atoms with Gasteiger partial charge in [0.1, 0.15) is 23.7 Å². The third-order valence-electron chi connectivity index (χ3n) is 5.90. The molecular formula is C29H22N2O4S. The lowest BCUT2D eigenvalue weighted by molar-refractivity contribution is -0.122. The summed E-state index contributed by atoms with van der Waals surface area (Å²) in [5.74, 6) is 0.00477. The number of para-hydroxylation sites is 1. The van der Waals surface area contributed by atoms with Crippen LogP contribution in [0.3, 0.4) is 0 Å². The van der Waals surface area contributed by atoms with Gasteiger partial charge < -0.3 is 9.47 Å². The summed E-state index contributed by atoms with van der Waals surface area (Å²) in [7, 11) is 1.57. The molecule has 5 rings (SSSR count). The summed E-state index contributed by atoms with van der Waals surface area (Å²) in [5, 5.41) is 4.86. The predicted molar refractivity (Wildman–Crippen MR) is 144 cm³/mol. The van der Waals surface area contributed by atoms with E-state index >= 15 is 0 Å². The Morgan fingerprint density at radius 1 is 0.917 bits per heavy atom. The first-order valence-electron chi connectivity index (χ1n) is 11.3. The molecule has 1 aliphatic heterocycles. The zero-order chi connectivity index (χ0) is 25.1. The summed E-state index contributed by atoms with van der Waals surface area (Å²) in [6.45, 7) is 0.297. The molecule has 36 heavy (non-hydrogen) atoms. The van der Waals surface area contributed by atoms with Gasteiger partial charge >= 0.3 is 0 Å². The standard InChI is InChI=1S/C29H22N2O4S/c1-34-23-15-14-20(26(17-23)35-18-21-10-7-9-19-8-5-6-13-24(19)21)16-25-27(32)30-29(36)31(28(25)33)22-11-3-2-4-12-22/h2-17H,18H2,1H3,(H,30,32,36)/b25-16-. The van der Waals surface area contributed by atoms with Gasteiger partial charge in [-0.05, 0) is 58.9 Å². The van der Waals surface area contributed by atoms with E-state index in [1.54, 1.807) is 49.6 Å². The summed E-state index contributed by atoms with van der Waals surface area (Å²) >= 11 is 5.28. The Labute approximate surface area is 213 Å². The highest BCUT2D eigenvalue weighted by molar-refractivity contribution is 7.80. The van der Waals surface area contributed by atoms with E-state index in [4.69, 9.17) is 21.7 Å². The van der Waals surface area contributed by atoms with Crippen LogP contribution in [0.4, 0.5) is 5.69 Å². The lowest BCUT2D eigenvalue weighted by Crippen LogP contribution is -2.54. The Hall–Kier alpha value is -4.49. The van der Waals surface area contributed by atoms with E-state index in [1.807, 2.05) is 30.3 Å². The number of hydrogen-bond donors (Lipinski definition) is 1. The number of carbonyl (C=O) groups is 2. The molecule has 1 N–H and O–H groups in total. The van der Waals surface area contributed by atoms with Crippen LogP contribution < -0.4 is 19.7 Å². The number of hydrogen-bond acceptors (Lipinski definition) is 5. The third kappa shape index (κ3) is 4.56. The Kier molecular flexibility index (Phi) is 6.47. The SMILES string of the molecule is COc1ccc(/C=C2/C(=O)NC(=S)N(c3ccccc3)C2=O)c(OCc2cccc3ccccc23)c1. The molecule has 2 amide bonds. The second-order valence-corrected chi connectivity index (χ2v) is 8.51. The van der Waals surface area contributed by atoms with Crippen molar-refractivity contribution in [2.75, 3.05) is 12.0 Å². The van der Waals surface area contributed by atoms with Crippen molar-refractivity contribution >= 4 is 51.7 Å². The molecule has 178 valence electrons. The molecule has 6 nitrogen and oxygen atoms in total. The zero-order valence-electron chi connectivity index (χ0n) is 19.4. The van der Waals surface area contributed by atoms with Crippen LogP contribution in [0.2, 0.25) is 0 Å². The molecule has 1 aliphatic rings. The summed E-state index contributed by atoms with van der Waals surface area (Å²) in [6, 6.07) is 28.3. The van der Waals surface area contributed by atoms with Crippen LogP contribution in [-0.2, 0) is 16.2 Å². The van der Waals surface area contributed by atoms with E-state index in [0.29, 0.717) is 29.4 Å². The van der Waals surface area contributed by atoms with Gasteiger partial charge in [0, 0.05) is 11.6 Å². The Morgan fingerprint density at radius 2 is 1.67 bits per heavy atom. The number of benzene rings is 4. The second-order valence-electron chi connectivity index (χ2n) is 8.12. The number of nitrogens with zero attached hydrogens (tertiary/aromatic N) is 1. The first-order valence-corrected chi connectivity index (χ1v) is 11.7. The van der Waals surface area contributed by atoms with Crippen molar-refractivity contribution in [2.45, 2.75) is 6.61 Å². The van der Waals surface area contributed by atoms with Gasteiger partial charge in [-0.25, -0.2) is 0 Å². The predicted octanol–water partition coefficient (Wildman–Crippen LogP) is 5.26. The second kappa shape index (κ2) is 10.0. The lowest BCUT2D eigenvalue weighted by atomic mass is 10.0. The van der Waals surface area contributed by atoms with Gasteiger partial charge in [-0.2, -0.15) is 0 Å². The summed E-state index contributed by atoms with van der Waals surface area (Å²) in [5.41, 5.74) is 2.10. The van der Waals surface area contributed by atoms with Crippen molar-refractivity contribution in [1.82, 2.24) is 5.32 Å². The first kappa shape index (κ1) is 23.3. The number of ether oxygens (including phenoxy) is 2. The van der Waals surface area contributed by atoms with Gasteiger partial charge in [0.15, 0.2) is 5.11 Å². The van der Waals surface area contributed by atoms with Crippen molar-refractivity contribution in [3.8, 4) is 11.5 Å². The van der Waals surface area contributed by atoms with Crippen LogP contribution in [-0.4, -0.2) is 24.0 Å². The van der Waals surface area contributed by atoms with Crippen LogP contribution in [0.1, 0.15) is 11.1 Å². The van der Waals surface area contributed by atoms with Crippen LogP contribution >= 0.6 is 12.2 Å². The molecule has 1 heterocycles. The van der Waals surface area contributed by atoms with E-state index < -0.39 is 11.8 Å². The molecular weight excluding hydrogens is 472 g/mol. The minimum absolute atomic E-state index is 0.0375. The molecule has 0 aromatic heterocycles. The number of carbonyl (C=O) groups excluding carboxylic acids is 2. The van der Waals surface area contributed by atoms with Gasteiger partial charge in [-0.15, -0.1) is 0 Å². The molecule has 1 fully saturated rings. The maximum atomic E-state index is 13.4. The maximum Gasteiger partial charge on any atom is 0.270 e. The molecule has 0 atom stereocenters. The molecule has 1 saturated heterocycles. The highest BCUT2D eigenvalue weighted by Gasteiger charge is 2.34. The molecule has 0 unspecified atom stereocenters. The Morgan fingerprint density at radius 3 is 2.47 bits per heavy atom. The summed E-state index contributed by atoms with van der Waals surface area (Å²) < 4.78 is 11.6. The average molecular weight is 495 g/mol. The summed E-state index contributed by atoms with van der Waals surface area (Å²) in [4.78, 5) is 27.4. The number of methoxy groups -OCH3 is 1. The molecule has 0 aliphatic carbocycles. The molecule has 0 spiro atoms. The molecule has 0 radical (unpaired) electrons. The molecule has 0 bridgehead atoms. The van der Waals surface area contributed by atoms with E-state index in [1.165, 1.54) is 11.0 Å². The molecule has 0 saturated carbocycles. The summed E-state index contributed by atoms with van der Waals surface area (Å²) in [6.07, 6.45) is 1.52. The van der Waals surface area contributed by atoms with Crippen LogP contribution in [0, 0.1) is 0 Å². The van der Waals surface area contributed by atoms with Crippen LogP contribution in [0.5, 0.6) is 11.5 Å². The number of amides is 2. The fraction of sp³-hybridized carbons (Fsp3) is 0.0690. The highest BCUT2D eigenvalue weighted by atomic mass is 32.1. The normalized spacial score (nSPS) is 14.8. The largest absolute Gasteiger partial charge is 0.497 e. The van der Waals surface area contributed by atoms with Crippen molar-refractivity contribution in [3.63, 3.8) is 0 Å². The first-order chi connectivity index (χ1) is 17.5. The van der Waals surface area contributed by atoms with Gasteiger partial charge in [0.05, 0.1) is 12.8 Å². The molecule has 4 aromatic rings. The van der Waals surface area contributed by atoms with Crippen molar-refractivity contribution in [1.29, 1.82) is 0 Å². The maximum absolute atomic E-state index is 13.4. The smallest absolute Gasteiger partial charge is 0.270 e. The van der Waals surface area contributed by atoms with Crippen LogP contribution in [0.15, 0.2) is 96.6 Å². The Bertz CT molecular complexity index is 1510. The van der Waals surface area contributed by atoms with Crippen LogP contribution in [0.25, 0.3) is 16.8 Å². The topological polar surface area (TPSA) is 67.9 Å².